The molecule has 0 aliphatic heterocycles. The molecule has 0 saturated heterocycles. The molecular weight excluding hydrogens is 240 g/mol. The van der Waals surface area contributed by atoms with E-state index in [9.17, 15) is 0 Å². The quantitative estimate of drug-likeness (QED) is 0.311. The van der Waals surface area contributed by atoms with Crippen LogP contribution in [0.5, 0.6) is 0 Å². The zero-order valence-electron chi connectivity index (χ0n) is 3.53. The van der Waals surface area contributed by atoms with Gasteiger partial charge in [-0.05, 0) is 0 Å². The maximum absolute atomic E-state index is 8.55. The van der Waals surface area contributed by atoms with Crippen LogP contribution >= 0.6 is 7.82 Å². The van der Waals surface area contributed by atoms with Gasteiger partial charge in [-0.15, -0.1) is 0 Å². The molecule has 0 bridgehead atoms. The normalized spacial score (nSPS) is 8.43. The molecular formula is NaO4PSb+. The monoisotopic (exact) mass is 239 g/mol. The first kappa shape index (κ1) is 16.0. The van der Waals surface area contributed by atoms with E-state index in [1.807, 2.05) is 0 Å². The first-order valence-electron chi connectivity index (χ1n) is 0.730. The molecule has 0 spiro atoms. The molecule has 7 heavy (non-hydrogen) atoms. The van der Waals surface area contributed by atoms with Crippen molar-refractivity contribution >= 4 is 32.3 Å². The average Bonchev–Trinajstić information content (AvgIpc) is 0.722. The Bertz CT molecular complexity index is 57.8. The molecule has 2 radical (unpaired) electrons. The van der Waals surface area contributed by atoms with Crippen LogP contribution in [0.25, 0.3) is 0 Å². The minimum Gasteiger partial charge on any atom is -0.822 e. The van der Waals surface area contributed by atoms with E-state index in [1.165, 1.54) is 0 Å². The third-order valence-electron chi connectivity index (χ3n) is 0. The smallest absolute Gasteiger partial charge is 0.822 e. The van der Waals surface area contributed by atoms with Gasteiger partial charge in [-0.2, -0.15) is 7.82 Å². The van der Waals surface area contributed by atoms with Gasteiger partial charge in [0, 0.05) is 0 Å². The molecule has 0 fully saturated rings. The Labute approximate surface area is 80.3 Å². The number of hydrogen-bond donors (Lipinski definition) is 0. The fraction of sp³-hybridized carbons (Fsp3) is 0. The van der Waals surface area contributed by atoms with Crippen LogP contribution in [0.1, 0.15) is 0 Å². The minimum absolute atomic E-state index is 0. The van der Waals surface area contributed by atoms with E-state index < -0.39 is 7.82 Å². The standard InChI is InChI=1S/Na.H3O4P.Sb/c;1-5(2,3)4;/h;(H3,1,2,3,4);/q+1;;+3/p-3. The van der Waals surface area contributed by atoms with Crippen molar-refractivity contribution < 1.29 is 48.8 Å². The fourth-order valence-electron chi connectivity index (χ4n) is 0. The second-order valence-electron chi connectivity index (χ2n) is 0.447. The molecule has 0 aromatic carbocycles. The summed E-state index contributed by atoms with van der Waals surface area (Å²) in [5, 5.41) is 0. The minimum atomic E-state index is -5.39. The Morgan fingerprint density at radius 3 is 1.14 bits per heavy atom. The molecule has 0 atom stereocenters. The molecule has 0 aliphatic carbocycles. The summed E-state index contributed by atoms with van der Waals surface area (Å²) in [7, 11) is -5.39. The van der Waals surface area contributed by atoms with E-state index in [0.717, 1.165) is 0 Å². The SMILES string of the molecule is O=P([O-])([O-])[O-].[Na+].[Sb+3]. The van der Waals surface area contributed by atoms with Crippen LogP contribution < -0.4 is 44.2 Å². The molecule has 7 heteroatoms. The van der Waals surface area contributed by atoms with Crippen LogP contribution in [0.4, 0.5) is 0 Å². The summed E-state index contributed by atoms with van der Waals surface area (Å²) in [5.74, 6) is 0. The molecule has 0 aliphatic rings. The average molecular weight is 240 g/mol. The van der Waals surface area contributed by atoms with Crippen LogP contribution in [0.3, 0.4) is 0 Å². The van der Waals surface area contributed by atoms with Crippen molar-refractivity contribution in [3.8, 4) is 0 Å². The fourth-order valence-corrected chi connectivity index (χ4v) is 0. The van der Waals surface area contributed by atoms with Gasteiger partial charge in [0.1, 0.15) is 0 Å². The van der Waals surface area contributed by atoms with E-state index in [4.69, 9.17) is 19.2 Å². The van der Waals surface area contributed by atoms with Crippen LogP contribution in [0.2, 0.25) is 0 Å². The Hall–Kier alpha value is 1.93. The van der Waals surface area contributed by atoms with Gasteiger partial charge >= 0.3 is 54.0 Å². The molecule has 4 nitrogen and oxygen atoms in total. The predicted octanol–water partition coefficient (Wildman–Crippen LogP) is -6.20. The van der Waals surface area contributed by atoms with Crippen molar-refractivity contribution in [2.24, 2.45) is 0 Å². The van der Waals surface area contributed by atoms with E-state index >= 15 is 0 Å². The third kappa shape index (κ3) is 74.9. The number of hydrogen-bond acceptors (Lipinski definition) is 4. The summed E-state index contributed by atoms with van der Waals surface area (Å²) in [4.78, 5) is 25.6. The van der Waals surface area contributed by atoms with Crippen LogP contribution in [0.15, 0.2) is 0 Å². The Kier molecular flexibility index (Phi) is 13.8. The summed E-state index contributed by atoms with van der Waals surface area (Å²) in [6.07, 6.45) is 0. The van der Waals surface area contributed by atoms with Crippen molar-refractivity contribution in [3.63, 3.8) is 0 Å². The van der Waals surface area contributed by atoms with Crippen molar-refractivity contribution in [1.82, 2.24) is 0 Å². The summed E-state index contributed by atoms with van der Waals surface area (Å²) in [5.41, 5.74) is 0. The third-order valence-corrected chi connectivity index (χ3v) is 0. The van der Waals surface area contributed by atoms with Gasteiger partial charge < -0.3 is 19.2 Å². The summed E-state index contributed by atoms with van der Waals surface area (Å²) >= 11 is 0. The second kappa shape index (κ2) is 6.05. The summed E-state index contributed by atoms with van der Waals surface area (Å²) in [6, 6.07) is 0. The number of phosphoric acid groups is 1. The molecule has 0 unspecified atom stereocenters. The van der Waals surface area contributed by atoms with Gasteiger partial charge in [-0.1, -0.05) is 0 Å². The second-order valence-corrected chi connectivity index (χ2v) is 1.34. The van der Waals surface area contributed by atoms with E-state index in [0.29, 0.717) is 0 Å². The van der Waals surface area contributed by atoms with Gasteiger partial charge in [-0.25, -0.2) is 0 Å². The Morgan fingerprint density at radius 1 is 1.14 bits per heavy atom. The predicted molar refractivity (Wildman–Crippen MR) is 13.4 cm³/mol. The van der Waals surface area contributed by atoms with Crippen molar-refractivity contribution in [3.05, 3.63) is 0 Å². The molecule has 0 amide bonds. The number of rotatable bonds is 0. The molecule has 0 heterocycles. The van der Waals surface area contributed by atoms with Gasteiger partial charge in [0.25, 0.3) is 0 Å². The zero-order valence-corrected chi connectivity index (χ0v) is 8.97. The van der Waals surface area contributed by atoms with Gasteiger partial charge in [0.05, 0.1) is 0 Å². The van der Waals surface area contributed by atoms with E-state index in [2.05, 4.69) is 0 Å². The van der Waals surface area contributed by atoms with Crippen molar-refractivity contribution in [1.29, 1.82) is 0 Å². The van der Waals surface area contributed by atoms with Gasteiger partial charge in [-0.3, -0.25) is 0 Å². The largest absolute Gasteiger partial charge is 3.00 e. The van der Waals surface area contributed by atoms with Gasteiger partial charge in [0.2, 0.25) is 0 Å². The summed E-state index contributed by atoms with van der Waals surface area (Å²) in [6.45, 7) is 0. The van der Waals surface area contributed by atoms with Crippen LogP contribution in [-0.4, -0.2) is 24.4 Å². The van der Waals surface area contributed by atoms with E-state index in [-0.39, 0.29) is 54.0 Å². The molecule has 0 saturated carbocycles. The zero-order chi connectivity index (χ0) is 4.50. The Balaban J connectivity index is -0.0000000800. The molecule has 0 aromatic heterocycles. The van der Waals surface area contributed by atoms with E-state index in [1.54, 1.807) is 0 Å². The molecule has 34 valence electrons. The molecule has 0 aromatic rings. The van der Waals surface area contributed by atoms with Crippen LogP contribution in [-0.2, 0) is 4.57 Å². The Morgan fingerprint density at radius 2 is 1.14 bits per heavy atom. The maximum Gasteiger partial charge on any atom is 3.00 e. The first-order valence-corrected chi connectivity index (χ1v) is 2.19. The van der Waals surface area contributed by atoms with Crippen LogP contribution in [0, 0.1) is 0 Å². The molecule has 0 N–H and O–H groups in total. The van der Waals surface area contributed by atoms with Crippen molar-refractivity contribution in [2.75, 3.05) is 0 Å². The molecule has 0 rings (SSSR count). The maximum atomic E-state index is 8.55. The van der Waals surface area contributed by atoms with Gasteiger partial charge in [0.15, 0.2) is 0 Å². The topological polar surface area (TPSA) is 86.2 Å². The summed E-state index contributed by atoms with van der Waals surface area (Å²) < 4.78 is 8.55. The van der Waals surface area contributed by atoms with Crippen molar-refractivity contribution in [2.45, 2.75) is 0 Å². The first-order chi connectivity index (χ1) is 2.00.